The average Bonchev–Trinajstić information content (AvgIpc) is 2.96. The lowest BCUT2D eigenvalue weighted by molar-refractivity contribution is -0.0724. The fourth-order valence-corrected chi connectivity index (χ4v) is 5.41. The Morgan fingerprint density at radius 3 is 2.85 bits per heavy atom. The molecule has 0 radical (unpaired) electrons. The molecule has 1 aliphatic carbocycles. The quantitative estimate of drug-likeness (QED) is 0.649. The van der Waals surface area contributed by atoms with Crippen LogP contribution in [-0.4, -0.2) is 39.2 Å². The van der Waals surface area contributed by atoms with Gasteiger partial charge in [-0.25, -0.2) is 8.78 Å². The summed E-state index contributed by atoms with van der Waals surface area (Å²) >= 11 is 0. The second-order valence-corrected chi connectivity index (χ2v) is 9.26. The highest BCUT2D eigenvalue weighted by Gasteiger charge is 2.52. The summed E-state index contributed by atoms with van der Waals surface area (Å²) in [7, 11) is 0. The van der Waals surface area contributed by atoms with E-state index in [2.05, 4.69) is 17.6 Å². The van der Waals surface area contributed by atoms with Gasteiger partial charge in [0.2, 0.25) is 5.43 Å². The molecular weight excluding hydrogens is 436 g/mol. The number of rotatable bonds is 3. The second-order valence-electron chi connectivity index (χ2n) is 9.26. The Hall–Kier alpha value is -3.27. The number of aromatic nitrogens is 1. The van der Waals surface area contributed by atoms with Gasteiger partial charge in [0.05, 0.1) is 12.2 Å². The van der Waals surface area contributed by atoms with E-state index in [1.807, 2.05) is 0 Å². The van der Waals surface area contributed by atoms with Crippen molar-refractivity contribution in [3.05, 3.63) is 63.1 Å². The fraction of sp³-hybridized carbons (Fsp3) is 0.435. The molecule has 33 heavy (non-hydrogen) atoms. The Morgan fingerprint density at radius 2 is 2.09 bits per heavy atom. The van der Waals surface area contributed by atoms with E-state index >= 15 is 0 Å². The van der Waals surface area contributed by atoms with E-state index in [0.29, 0.717) is 18.9 Å². The Labute approximate surface area is 187 Å². The van der Waals surface area contributed by atoms with Crippen molar-refractivity contribution in [2.24, 2.45) is 5.92 Å². The lowest BCUT2D eigenvalue weighted by Gasteiger charge is -2.41. The molecule has 2 aliphatic heterocycles. The minimum absolute atomic E-state index is 0.00644. The topological polar surface area (TPSA) is 110 Å². The number of carbonyl (C=O) groups excluding carboxylic acids is 2. The summed E-state index contributed by atoms with van der Waals surface area (Å²) in [5, 5.41) is 16.0. The van der Waals surface area contributed by atoms with Crippen molar-refractivity contribution in [3.8, 4) is 5.75 Å². The summed E-state index contributed by atoms with van der Waals surface area (Å²) < 4.78 is 34.5. The highest BCUT2D eigenvalue weighted by molar-refractivity contribution is 5.99. The van der Waals surface area contributed by atoms with Crippen LogP contribution in [0.2, 0.25) is 0 Å². The van der Waals surface area contributed by atoms with Crippen LogP contribution in [0.3, 0.4) is 0 Å². The molecule has 2 unspecified atom stereocenters. The molecule has 3 bridgehead atoms. The summed E-state index contributed by atoms with van der Waals surface area (Å²) in [5.41, 5.74) is -2.02. The standard InChI is InChI=1S/C23H23F2N3O5/c1-11-5-23-6-14(33-17(11)7-23)9-28-10-15(19(29)20(30)18(28)22(32)27-23)21(31)26-8-12-2-3-13(24)4-16(12)25/h2-4,10-11,14,17,30H,5-9H2,1H3,(H,26,31)(H,27,32)/t11?,14-,17-,23?/m1/s1. The van der Waals surface area contributed by atoms with Crippen molar-refractivity contribution < 1.29 is 28.2 Å². The number of carbonyl (C=O) groups is 2. The van der Waals surface area contributed by atoms with Gasteiger partial charge in [-0.2, -0.15) is 0 Å². The molecule has 1 aromatic carbocycles. The molecule has 8 nitrogen and oxygen atoms in total. The van der Waals surface area contributed by atoms with E-state index in [0.717, 1.165) is 12.5 Å². The highest BCUT2D eigenvalue weighted by Crippen LogP contribution is 2.46. The molecule has 4 atom stereocenters. The number of ether oxygens (including phenoxy) is 1. The Kier molecular flexibility index (Phi) is 5.00. The first kappa shape index (κ1) is 21.6. The summed E-state index contributed by atoms with van der Waals surface area (Å²) in [6, 6.07) is 2.93. The first-order chi connectivity index (χ1) is 15.7. The smallest absolute Gasteiger partial charge is 0.272 e. The molecule has 5 rings (SSSR count). The van der Waals surface area contributed by atoms with Crippen LogP contribution in [0.1, 0.15) is 52.6 Å². The predicted molar refractivity (Wildman–Crippen MR) is 112 cm³/mol. The Balaban J connectivity index is 1.45. The van der Waals surface area contributed by atoms with Crippen molar-refractivity contribution in [3.63, 3.8) is 0 Å². The highest BCUT2D eigenvalue weighted by atomic mass is 19.1. The molecule has 1 spiro atoms. The zero-order valence-corrected chi connectivity index (χ0v) is 17.9. The number of amides is 2. The average molecular weight is 459 g/mol. The van der Waals surface area contributed by atoms with Crippen molar-refractivity contribution in [1.82, 2.24) is 15.2 Å². The van der Waals surface area contributed by atoms with Gasteiger partial charge < -0.3 is 25.0 Å². The van der Waals surface area contributed by atoms with E-state index < -0.39 is 45.7 Å². The van der Waals surface area contributed by atoms with Gasteiger partial charge in [-0.1, -0.05) is 13.0 Å². The minimum atomic E-state index is -1.00. The van der Waals surface area contributed by atoms with E-state index in [9.17, 15) is 28.3 Å². The van der Waals surface area contributed by atoms with Gasteiger partial charge in [-0.15, -0.1) is 0 Å². The Morgan fingerprint density at radius 1 is 1.30 bits per heavy atom. The lowest BCUT2D eigenvalue weighted by atomic mass is 9.86. The number of hydrogen-bond donors (Lipinski definition) is 3. The predicted octanol–water partition coefficient (Wildman–Crippen LogP) is 1.83. The number of benzene rings is 1. The lowest BCUT2D eigenvalue weighted by Crippen LogP contribution is -2.55. The molecule has 3 aliphatic rings. The number of nitrogens with one attached hydrogen (secondary N) is 2. The largest absolute Gasteiger partial charge is 0.503 e. The molecule has 1 aromatic heterocycles. The third-order valence-electron chi connectivity index (χ3n) is 6.87. The van der Waals surface area contributed by atoms with Crippen LogP contribution in [0.15, 0.2) is 29.2 Å². The number of pyridine rings is 1. The van der Waals surface area contributed by atoms with Crippen molar-refractivity contribution >= 4 is 11.8 Å². The first-order valence-electron chi connectivity index (χ1n) is 10.8. The molecule has 3 heterocycles. The van der Waals surface area contributed by atoms with Crippen molar-refractivity contribution in [1.29, 1.82) is 0 Å². The number of fused-ring (bicyclic) bond motifs is 3. The van der Waals surface area contributed by atoms with E-state index in [1.165, 1.54) is 16.8 Å². The van der Waals surface area contributed by atoms with Gasteiger partial charge >= 0.3 is 0 Å². The molecule has 2 amide bonds. The van der Waals surface area contributed by atoms with Crippen LogP contribution >= 0.6 is 0 Å². The van der Waals surface area contributed by atoms with Gasteiger partial charge in [0.25, 0.3) is 11.8 Å². The maximum Gasteiger partial charge on any atom is 0.272 e. The summed E-state index contributed by atoms with van der Waals surface area (Å²) in [5.74, 6) is -3.58. The normalized spacial score (nSPS) is 27.8. The number of aromatic hydroxyl groups is 1. The minimum Gasteiger partial charge on any atom is -0.503 e. The third-order valence-corrected chi connectivity index (χ3v) is 6.87. The molecule has 3 N–H and O–H groups in total. The number of nitrogens with zero attached hydrogens (tertiary/aromatic N) is 1. The first-order valence-corrected chi connectivity index (χ1v) is 10.8. The van der Waals surface area contributed by atoms with Gasteiger partial charge in [-0.05, 0) is 31.2 Å². The van der Waals surface area contributed by atoms with E-state index in [-0.39, 0.29) is 42.5 Å². The molecule has 1 saturated heterocycles. The van der Waals surface area contributed by atoms with Gasteiger partial charge in [0, 0.05) is 36.5 Å². The summed E-state index contributed by atoms with van der Waals surface area (Å²) in [4.78, 5) is 38.5. The maximum absolute atomic E-state index is 13.9. The zero-order chi connectivity index (χ0) is 23.5. The summed E-state index contributed by atoms with van der Waals surface area (Å²) in [6.07, 6.45) is 2.99. The van der Waals surface area contributed by atoms with Crippen LogP contribution in [0.4, 0.5) is 8.78 Å². The van der Waals surface area contributed by atoms with Crippen molar-refractivity contribution in [2.45, 2.75) is 57.0 Å². The number of halogens is 2. The monoisotopic (exact) mass is 459 g/mol. The molecule has 1 saturated carbocycles. The van der Waals surface area contributed by atoms with Gasteiger partial charge in [-0.3, -0.25) is 14.4 Å². The van der Waals surface area contributed by atoms with Crippen LogP contribution in [0.5, 0.6) is 5.75 Å². The van der Waals surface area contributed by atoms with Crippen LogP contribution in [-0.2, 0) is 17.8 Å². The van der Waals surface area contributed by atoms with Crippen molar-refractivity contribution in [2.75, 3.05) is 0 Å². The van der Waals surface area contributed by atoms with Gasteiger partial charge in [0.1, 0.15) is 17.2 Å². The number of hydrogen-bond acceptors (Lipinski definition) is 5. The van der Waals surface area contributed by atoms with Crippen LogP contribution in [0, 0.1) is 17.6 Å². The van der Waals surface area contributed by atoms with Gasteiger partial charge in [0.15, 0.2) is 11.4 Å². The van der Waals surface area contributed by atoms with Crippen LogP contribution < -0.4 is 16.1 Å². The SMILES string of the molecule is CC1CC23C[C@H](Cn4cc(C(=O)NCc5ccc(F)cc5F)c(=O)c(O)c4C(=O)N2)O[C@@H]1C3. The van der Waals surface area contributed by atoms with E-state index in [1.54, 1.807) is 0 Å². The maximum atomic E-state index is 13.9. The summed E-state index contributed by atoms with van der Waals surface area (Å²) in [6.45, 7) is 1.97. The van der Waals surface area contributed by atoms with E-state index in [4.69, 9.17) is 4.74 Å². The zero-order valence-electron chi connectivity index (χ0n) is 17.9. The molecule has 10 heteroatoms. The second kappa shape index (κ2) is 7.65. The molecule has 2 aromatic rings. The third kappa shape index (κ3) is 3.68. The fourth-order valence-electron chi connectivity index (χ4n) is 5.41. The van der Waals surface area contributed by atoms with Crippen LogP contribution in [0.25, 0.3) is 0 Å². The Bertz CT molecular complexity index is 1230. The molecule has 2 fully saturated rings. The molecule has 174 valence electrons. The molecular formula is C23H23F2N3O5.